The third-order valence-electron chi connectivity index (χ3n) is 3.31. The van der Waals surface area contributed by atoms with Gasteiger partial charge in [-0.25, -0.2) is 4.79 Å². The molecule has 1 aliphatic heterocycles. The molecule has 0 saturated carbocycles. The van der Waals surface area contributed by atoms with Crippen molar-refractivity contribution in [1.82, 2.24) is 0 Å². The Morgan fingerprint density at radius 2 is 1.75 bits per heavy atom. The highest BCUT2D eigenvalue weighted by atomic mass is 16.8. The second-order valence-electron chi connectivity index (χ2n) is 4.51. The van der Waals surface area contributed by atoms with E-state index in [4.69, 9.17) is 9.47 Å². The number of ether oxygens (including phenoxy) is 2. The van der Waals surface area contributed by atoms with Gasteiger partial charge >= 0.3 is 6.16 Å². The van der Waals surface area contributed by atoms with E-state index >= 15 is 0 Å². The number of carbonyl (C=O) groups is 1. The Morgan fingerprint density at radius 3 is 2.19 bits per heavy atom. The molecular formula is C13H16O3. The van der Waals surface area contributed by atoms with Crippen molar-refractivity contribution in [2.24, 2.45) is 0 Å². The number of carbonyl (C=O) groups excluding carboxylic acids is 1. The smallest absolute Gasteiger partial charge is 0.424 e. The van der Waals surface area contributed by atoms with Gasteiger partial charge in [-0.05, 0) is 25.8 Å². The van der Waals surface area contributed by atoms with Gasteiger partial charge in [-0.1, -0.05) is 37.3 Å². The van der Waals surface area contributed by atoms with E-state index in [9.17, 15) is 4.79 Å². The summed E-state index contributed by atoms with van der Waals surface area (Å²) in [7, 11) is 0. The van der Waals surface area contributed by atoms with Crippen LogP contribution in [-0.2, 0) is 15.1 Å². The molecule has 0 aromatic heterocycles. The van der Waals surface area contributed by atoms with Crippen molar-refractivity contribution in [2.45, 2.75) is 38.4 Å². The van der Waals surface area contributed by atoms with Crippen LogP contribution in [0.25, 0.3) is 0 Å². The molecule has 0 aliphatic carbocycles. The number of rotatable bonds is 2. The molecule has 16 heavy (non-hydrogen) atoms. The summed E-state index contributed by atoms with van der Waals surface area (Å²) >= 11 is 0. The summed E-state index contributed by atoms with van der Waals surface area (Å²) < 4.78 is 10.7. The third-order valence-corrected chi connectivity index (χ3v) is 3.31. The van der Waals surface area contributed by atoms with Crippen molar-refractivity contribution in [2.75, 3.05) is 0 Å². The predicted octanol–water partition coefficient (Wildman–Crippen LogP) is 3.24. The van der Waals surface area contributed by atoms with E-state index < -0.39 is 17.4 Å². The van der Waals surface area contributed by atoms with Crippen LogP contribution in [0.3, 0.4) is 0 Å². The lowest BCUT2D eigenvalue weighted by atomic mass is 9.78. The van der Waals surface area contributed by atoms with Gasteiger partial charge in [0.1, 0.15) is 0 Å². The molecule has 1 heterocycles. The van der Waals surface area contributed by atoms with Crippen LogP contribution in [0.1, 0.15) is 32.8 Å². The van der Waals surface area contributed by atoms with E-state index in [1.165, 1.54) is 0 Å². The predicted molar refractivity (Wildman–Crippen MR) is 60.1 cm³/mol. The van der Waals surface area contributed by atoms with E-state index in [2.05, 4.69) is 0 Å². The molecule has 2 rings (SSSR count). The lowest BCUT2D eigenvalue weighted by Gasteiger charge is -2.35. The van der Waals surface area contributed by atoms with Crippen molar-refractivity contribution in [3.05, 3.63) is 35.9 Å². The van der Waals surface area contributed by atoms with Crippen LogP contribution in [0.15, 0.2) is 30.3 Å². The molecule has 0 spiro atoms. The van der Waals surface area contributed by atoms with Crippen molar-refractivity contribution >= 4 is 6.16 Å². The Balaban J connectivity index is 2.52. The van der Waals surface area contributed by atoms with Crippen LogP contribution >= 0.6 is 0 Å². The molecular weight excluding hydrogens is 204 g/mol. The van der Waals surface area contributed by atoms with Crippen molar-refractivity contribution in [1.29, 1.82) is 0 Å². The van der Waals surface area contributed by atoms with E-state index in [-0.39, 0.29) is 0 Å². The molecule has 0 bridgehead atoms. The summed E-state index contributed by atoms with van der Waals surface area (Å²) in [6, 6.07) is 9.75. The summed E-state index contributed by atoms with van der Waals surface area (Å²) in [5.41, 5.74) is -0.334. The van der Waals surface area contributed by atoms with Gasteiger partial charge in [0.25, 0.3) is 0 Å². The maximum Gasteiger partial charge on any atom is 0.510 e. The van der Waals surface area contributed by atoms with Crippen molar-refractivity contribution in [3.8, 4) is 0 Å². The largest absolute Gasteiger partial charge is 0.510 e. The van der Waals surface area contributed by atoms with E-state index in [0.29, 0.717) is 6.42 Å². The first kappa shape index (κ1) is 11.0. The van der Waals surface area contributed by atoms with Gasteiger partial charge < -0.3 is 9.47 Å². The van der Waals surface area contributed by atoms with Crippen LogP contribution in [0.4, 0.5) is 4.79 Å². The molecule has 3 heteroatoms. The summed E-state index contributed by atoms with van der Waals surface area (Å²) in [5.74, 6) is 0. The Bertz CT molecular complexity index is 397. The highest BCUT2D eigenvalue weighted by Gasteiger charge is 2.57. The van der Waals surface area contributed by atoms with Crippen molar-refractivity contribution in [3.63, 3.8) is 0 Å². The fourth-order valence-corrected chi connectivity index (χ4v) is 2.39. The standard InChI is InChI=1S/C13H16O3/c1-4-13(10-8-6-5-7-9-10)12(2,3)15-11(14)16-13/h5-9H,4H2,1-3H3/t13-/m1/s1. The highest BCUT2D eigenvalue weighted by molar-refractivity contribution is 5.65. The summed E-state index contributed by atoms with van der Waals surface area (Å²) in [4.78, 5) is 11.4. The minimum atomic E-state index is -0.675. The molecule has 0 unspecified atom stereocenters. The second kappa shape index (κ2) is 3.51. The first-order chi connectivity index (χ1) is 7.52. The molecule has 0 amide bonds. The lowest BCUT2D eigenvalue weighted by molar-refractivity contribution is -0.0323. The monoisotopic (exact) mass is 220 g/mol. The number of cyclic esters (lactones) is 2. The molecule has 1 aromatic rings. The van der Waals surface area contributed by atoms with Gasteiger partial charge in [0.2, 0.25) is 0 Å². The van der Waals surface area contributed by atoms with E-state index in [1.807, 2.05) is 51.1 Å². The van der Waals surface area contributed by atoms with Crippen LogP contribution in [-0.4, -0.2) is 11.8 Å². The van der Waals surface area contributed by atoms with Gasteiger partial charge in [-0.15, -0.1) is 0 Å². The third kappa shape index (κ3) is 1.39. The second-order valence-corrected chi connectivity index (χ2v) is 4.51. The lowest BCUT2D eigenvalue weighted by Crippen LogP contribution is -2.44. The molecule has 1 atom stereocenters. The molecule has 1 saturated heterocycles. The quantitative estimate of drug-likeness (QED) is 0.718. The topological polar surface area (TPSA) is 35.5 Å². The van der Waals surface area contributed by atoms with Gasteiger partial charge in [-0.3, -0.25) is 0 Å². The Morgan fingerprint density at radius 1 is 1.12 bits per heavy atom. The Labute approximate surface area is 95.4 Å². The zero-order chi connectivity index (χ0) is 11.8. The van der Waals surface area contributed by atoms with E-state index in [0.717, 1.165) is 5.56 Å². The molecule has 0 N–H and O–H groups in total. The molecule has 0 radical (unpaired) electrons. The highest BCUT2D eigenvalue weighted by Crippen LogP contribution is 2.46. The molecule has 1 fully saturated rings. The fraction of sp³-hybridized carbons (Fsp3) is 0.462. The number of benzene rings is 1. The van der Waals surface area contributed by atoms with Gasteiger partial charge in [0, 0.05) is 0 Å². The van der Waals surface area contributed by atoms with Crippen molar-refractivity contribution < 1.29 is 14.3 Å². The van der Waals surface area contributed by atoms with Gasteiger partial charge in [0.05, 0.1) is 0 Å². The van der Waals surface area contributed by atoms with E-state index in [1.54, 1.807) is 0 Å². The summed E-state index contributed by atoms with van der Waals surface area (Å²) in [5, 5.41) is 0. The number of hydrogen-bond donors (Lipinski definition) is 0. The maximum atomic E-state index is 11.4. The maximum absolute atomic E-state index is 11.4. The van der Waals surface area contributed by atoms with Crippen LogP contribution < -0.4 is 0 Å². The van der Waals surface area contributed by atoms with Crippen LogP contribution in [0, 0.1) is 0 Å². The molecule has 1 aliphatic rings. The average molecular weight is 220 g/mol. The zero-order valence-electron chi connectivity index (χ0n) is 9.82. The summed E-state index contributed by atoms with van der Waals surface area (Å²) in [6.45, 7) is 5.76. The molecule has 3 nitrogen and oxygen atoms in total. The van der Waals surface area contributed by atoms with Gasteiger partial charge in [0.15, 0.2) is 11.2 Å². The SMILES string of the molecule is CC[C@]1(c2ccccc2)OC(=O)OC1(C)C. The Kier molecular flexibility index (Phi) is 2.41. The molecule has 1 aromatic carbocycles. The normalized spacial score (nSPS) is 27.3. The first-order valence-electron chi connectivity index (χ1n) is 5.49. The minimum Gasteiger partial charge on any atom is -0.424 e. The minimum absolute atomic E-state index is 0.587. The summed E-state index contributed by atoms with van der Waals surface area (Å²) in [6.07, 6.45) is 0.103. The van der Waals surface area contributed by atoms with Crippen LogP contribution in [0.2, 0.25) is 0 Å². The fourth-order valence-electron chi connectivity index (χ4n) is 2.39. The molecule has 86 valence electrons. The first-order valence-corrected chi connectivity index (χ1v) is 5.49. The number of hydrogen-bond acceptors (Lipinski definition) is 3. The van der Waals surface area contributed by atoms with Crippen LogP contribution in [0.5, 0.6) is 0 Å². The zero-order valence-corrected chi connectivity index (χ0v) is 9.82. The Hall–Kier alpha value is -1.51. The average Bonchev–Trinajstić information content (AvgIpc) is 2.49. The van der Waals surface area contributed by atoms with Gasteiger partial charge in [-0.2, -0.15) is 0 Å².